The standard InChI is InChI=1S/C36H38ClF4N7OS/c1-5-19(4)15-44-10-11-45-34-27-24(18(2)3)28(37)26(21-7-8-23(38)31-25(21)22(14-42)33(43)50-31)29(39)30(27)46-35(47-34)49-17-36-9-6-12-48(36)16-20(13-36)32(40)41/h7-8,19,44H,2,5-6,9-13,15-17,43H2,1,3-4H3,(H,45,46,47). The van der Waals surface area contributed by atoms with Gasteiger partial charge in [0, 0.05) is 41.7 Å². The molecule has 4 aromatic rings. The summed E-state index contributed by atoms with van der Waals surface area (Å²) < 4.78 is 65.7. The minimum absolute atomic E-state index is 0.0148. The fourth-order valence-electron chi connectivity index (χ4n) is 7.05. The van der Waals surface area contributed by atoms with Crippen molar-refractivity contribution in [1.82, 2.24) is 20.2 Å². The first-order valence-corrected chi connectivity index (χ1v) is 17.7. The number of nitrogens with one attached hydrogen (secondary N) is 2. The second-order valence-electron chi connectivity index (χ2n) is 13.2. The number of nitriles is 1. The van der Waals surface area contributed by atoms with Crippen molar-refractivity contribution in [3.05, 3.63) is 58.1 Å². The van der Waals surface area contributed by atoms with Crippen LogP contribution in [0.2, 0.25) is 5.02 Å². The number of anilines is 2. The van der Waals surface area contributed by atoms with Crippen LogP contribution in [0.3, 0.4) is 0 Å². The predicted molar refractivity (Wildman–Crippen MR) is 193 cm³/mol. The van der Waals surface area contributed by atoms with Gasteiger partial charge < -0.3 is 21.1 Å². The van der Waals surface area contributed by atoms with Crippen molar-refractivity contribution in [3.63, 3.8) is 0 Å². The van der Waals surface area contributed by atoms with Crippen LogP contribution in [-0.2, 0) is 0 Å². The zero-order chi connectivity index (χ0) is 35.9. The van der Waals surface area contributed by atoms with E-state index in [9.17, 15) is 18.4 Å². The highest BCUT2D eigenvalue weighted by Crippen LogP contribution is 2.49. The van der Waals surface area contributed by atoms with E-state index >= 15 is 4.39 Å². The van der Waals surface area contributed by atoms with Gasteiger partial charge in [-0.15, -0.1) is 11.3 Å². The third kappa shape index (κ3) is 6.38. The molecule has 8 nitrogen and oxygen atoms in total. The monoisotopic (exact) mass is 727 g/mol. The first kappa shape index (κ1) is 35.9. The highest BCUT2D eigenvalue weighted by molar-refractivity contribution is 7.23. The van der Waals surface area contributed by atoms with Gasteiger partial charge in [0.25, 0.3) is 6.08 Å². The summed E-state index contributed by atoms with van der Waals surface area (Å²) in [5.74, 6) is -0.706. The lowest BCUT2D eigenvalue weighted by Crippen LogP contribution is -2.43. The van der Waals surface area contributed by atoms with Gasteiger partial charge >= 0.3 is 6.01 Å². The van der Waals surface area contributed by atoms with Crippen molar-refractivity contribution in [2.75, 3.05) is 50.4 Å². The Morgan fingerprint density at radius 3 is 2.74 bits per heavy atom. The molecule has 0 amide bonds. The molecule has 2 aliphatic rings. The topological polar surface area (TPSA) is 112 Å². The van der Waals surface area contributed by atoms with E-state index < -0.39 is 23.3 Å². The van der Waals surface area contributed by atoms with Crippen molar-refractivity contribution in [2.24, 2.45) is 5.92 Å². The molecular formula is C36H38ClF4N7OS. The number of rotatable bonds is 12. The molecule has 264 valence electrons. The van der Waals surface area contributed by atoms with Gasteiger partial charge in [0.05, 0.1) is 26.2 Å². The average molecular weight is 728 g/mol. The number of benzene rings is 2. The number of aromatic nitrogens is 2. The number of ether oxygens (including phenoxy) is 1. The zero-order valence-corrected chi connectivity index (χ0v) is 29.7. The zero-order valence-electron chi connectivity index (χ0n) is 28.1. The lowest BCUT2D eigenvalue weighted by molar-refractivity contribution is 0.108. The van der Waals surface area contributed by atoms with Gasteiger partial charge in [-0.2, -0.15) is 24.0 Å². The summed E-state index contributed by atoms with van der Waals surface area (Å²) in [7, 11) is 0. The molecule has 0 bridgehead atoms. The second-order valence-corrected chi connectivity index (χ2v) is 14.6. The summed E-state index contributed by atoms with van der Waals surface area (Å²) in [6, 6.07) is 4.43. The minimum Gasteiger partial charge on any atom is -0.461 e. The number of hydrogen-bond donors (Lipinski definition) is 3. The number of nitrogens with zero attached hydrogens (tertiary/aromatic N) is 4. The van der Waals surface area contributed by atoms with Gasteiger partial charge in [0.1, 0.15) is 34.8 Å². The summed E-state index contributed by atoms with van der Waals surface area (Å²) in [5, 5.41) is 17.1. The summed E-state index contributed by atoms with van der Waals surface area (Å²) in [6.45, 7) is 12.8. The van der Waals surface area contributed by atoms with Crippen LogP contribution in [0.1, 0.15) is 57.6 Å². The maximum absolute atomic E-state index is 17.2. The van der Waals surface area contributed by atoms with E-state index in [1.54, 1.807) is 6.92 Å². The Bertz CT molecular complexity index is 2080. The van der Waals surface area contributed by atoms with Crippen molar-refractivity contribution in [3.8, 4) is 23.2 Å². The van der Waals surface area contributed by atoms with Crippen molar-refractivity contribution < 1.29 is 22.3 Å². The molecular weight excluding hydrogens is 690 g/mol. The van der Waals surface area contributed by atoms with Gasteiger partial charge in [-0.1, -0.05) is 44.5 Å². The van der Waals surface area contributed by atoms with E-state index in [4.69, 9.17) is 22.1 Å². The molecule has 0 radical (unpaired) electrons. The van der Waals surface area contributed by atoms with Crippen LogP contribution in [0.4, 0.5) is 28.4 Å². The summed E-state index contributed by atoms with van der Waals surface area (Å²) in [5.41, 5.74) is 6.33. The molecule has 0 saturated carbocycles. The number of nitrogens with two attached hydrogens (primary N) is 1. The van der Waals surface area contributed by atoms with Crippen molar-refractivity contribution in [1.29, 1.82) is 5.26 Å². The van der Waals surface area contributed by atoms with Gasteiger partial charge in [0.15, 0.2) is 5.82 Å². The molecule has 2 saturated heterocycles. The smallest absolute Gasteiger partial charge is 0.319 e. The Balaban J connectivity index is 1.51. The maximum atomic E-state index is 17.2. The van der Waals surface area contributed by atoms with E-state index in [0.29, 0.717) is 43.1 Å². The number of hydrogen-bond acceptors (Lipinski definition) is 9. The van der Waals surface area contributed by atoms with E-state index in [2.05, 4.69) is 41.0 Å². The largest absolute Gasteiger partial charge is 0.461 e. The third-order valence-corrected chi connectivity index (χ3v) is 11.2. The van der Waals surface area contributed by atoms with E-state index in [0.717, 1.165) is 30.7 Å². The molecule has 2 unspecified atom stereocenters. The molecule has 50 heavy (non-hydrogen) atoms. The normalized spacial score (nSPS) is 18.1. The lowest BCUT2D eigenvalue weighted by atomic mass is 9.92. The molecule has 14 heteroatoms. The van der Waals surface area contributed by atoms with Crippen LogP contribution in [0.25, 0.3) is 37.7 Å². The van der Waals surface area contributed by atoms with Crippen LogP contribution in [-0.4, -0.2) is 59.7 Å². The Hall–Kier alpha value is -3.96. The van der Waals surface area contributed by atoms with Crippen LogP contribution >= 0.6 is 22.9 Å². The molecule has 0 aliphatic carbocycles. The Morgan fingerprint density at radius 1 is 1.26 bits per heavy atom. The quantitative estimate of drug-likeness (QED) is 0.0982. The number of allylic oxidation sites excluding steroid dienone is 1. The molecule has 6 rings (SSSR count). The highest BCUT2D eigenvalue weighted by atomic mass is 35.5. The van der Waals surface area contributed by atoms with Crippen LogP contribution < -0.4 is 21.1 Å². The molecule has 0 spiro atoms. The Labute approximate surface area is 297 Å². The van der Waals surface area contributed by atoms with Crippen molar-refractivity contribution in [2.45, 2.75) is 52.0 Å². The SMILES string of the molecule is C=C(C)c1c(Cl)c(-c2ccc(F)c3sc(N)c(C#N)c23)c(F)c2nc(OCC34CCCN3CC(=C(F)F)C4)nc(NCCNCC(C)CC)c12. The Kier molecular flexibility index (Phi) is 10.3. The highest BCUT2D eigenvalue weighted by Gasteiger charge is 2.48. The Morgan fingerprint density at radius 2 is 2.04 bits per heavy atom. The molecule has 2 aromatic carbocycles. The van der Waals surface area contributed by atoms with Crippen LogP contribution in [0, 0.1) is 28.9 Å². The van der Waals surface area contributed by atoms with E-state index in [-0.39, 0.29) is 84.7 Å². The predicted octanol–water partition coefficient (Wildman–Crippen LogP) is 8.75. The number of fused-ring (bicyclic) bond motifs is 3. The van der Waals surface area contributed by atoms with Crippen LogP contribution in [0.15, 0.2) is 30.4 Å². The van der Waals surface area contributed by atoms with E-state index in [1.807, 2.05) is 11.0 Å². The number of nitrogen functional groups attached to an aromatic ring is 1. The fraction of sp³-hybridized carbons (Fsp3) is 0.417. The molecule has 4 heterocycles. The fourth-order valence-corrected chi connectivity index (χ4v) is 8.44. The lowest BCUT2D eigenvalue weighted by Gasteiger charge is -2.30. The number of halogens is 5. The van der Waals surface area contributed by atoms with Crippen LogP contribution in [0.5, 0.6) is 6.01 Å². The van der Waals surface area contributed by atoms with Crippen molar-refractivity contribution >= 4 is 60.3 Å². The molecule has 2 aliphatic heterocycles. The molecule has 2 fully saturated rings. The molecule has 2 aromatic heterocycles. The van der Waals surface area contributed by atoms with Gasteiger partial charge in [-0.3, -0.25) is 4.90 Å². The first-order chi connectivity index (χ1) is 23.9. The summed E-state index contributed by atoms with van der Waals surface area (Å²) >= 11 is 7.95. The average Bonchev–Trinajstić information content (AvgIpc) is 3.75. The first-order valence-electron chi connectivity index (χ1n) is 16.6. The minimum atomic E-state index is -1.67. The maximum Gasteiger partial charge on any atom is 0.319 e. The van der Waals surface area contributed by atoms with Gasteiger partial charge in [-0.25, -0.2) is 8.78 Å². The summed E-state index contributed by atoms with van der Waals surface area (Å²) in [4.78, 5) is 11.2. The van der Waals surface area contributed by atoms with Gasteiger partial charge in [-0.05, 0) is 62.4 Å². The molecule has 4 N–H and O–H groups in total. The van der Waals surface area contributed by atoms with Gasteiger partial charge in [0.2, 0.25) is 0 Å². The second kappa shape index (κ2) is 14.3. The third-order valence-electron chi connectivity index (χ3n) is 9.82. The summed E-state index contributed by atoms with van der Waals surface area (Å²) in [6.07, 6.45) is 1.01. The number of thiophene rings is 1. The molecule has 2 atom stereocenters. The van der Waals surface area contributed by atoms with E-state index in [1.165, 1.54) is 12.1 Å².